The third kappa shape index (κ3) is 4.64. The van der Waals surface area contributed by atoms with E-state index < -0.39 is 29.1 Å². The Morgan fingerprint density at radius 3 is 2.59 bits per heavy atom. The van der Waals surface area contributed by atoms with Gasteiger partial charge in [0.25, 0.3) is 11.8 Å². The van der Waals surface area contributed by atoms with Crippen LogP contribution in [-0.2, 0) is 39.6 Å². The van der Waals surface area contributed by atoms with Crippen molar-refractivity contribution in [2.24, 2.45) is 0 Å². The van der Waals surface area contributed by atoms with E-state index in [4.69, 9.17) is 9.47 Å². The van der Waals surface area contributed by atoms with Crippen LogP contribution in [0.3, 0.4) is 0 Å². The summed E-state index contributed by atoms with van der Waals surface area (Å²) in [6.07, 6.45) is 5.05. The van der Waals surface area contributed by atoms with Crippen LogP contribution in [0.15, 0.2) is 85.3 Å². The van der Waals surface area contributed by atoms with Crippen molar-refractivity contribution < 1.29 is 24.2 Å². The average molecular weight is 552 g/mol. The number of ether oxygens (including phenoxy) is 2. The van der Waals surface area contributed by atoms with E-state index in [9.17, 15) is 14.7 Å². The number of nitrogens with zero attached hydrogens (tertiary/aromatic N) is 4. The van der Waals surface area contributed by atoms with Crippen molar-refractivity contribution in [2.75, 3.05) is 6.61 Å². The van der Waals surface area contributed by atoms with Gasteiger partial charge in [-0.1, -0.05) is 42.5 Å². The average Bonchev–Trinajstić information content (AvgIpc) is 3.87. The maximum absolute atomic E-state index is 13.6. The van der Waals surface area contributed by atoms with Crippen molar-refractivity contribution in [3.8, 4) is 11.4 Å². The molecule has 4 aromatic rings. The summed E-state index contributed by atoms with van der Waals surface area (Å²) in [4.78, 5) is 32.6. The van der Waals surface area contributed by atoms with Crippen LogP contribution in [0.1, 0.15) is 35.2 Å². The van der Waals surface area contributed by atoms with Gasteiger partial charge in [0, 0.05) is 25.1 Å². The van der Waals surface area contributed by atoms with Crippen LogP contribution in [0.2, 0.25) is 0 Å². The van der Waals surface area contributed by atoms with Crippen molar-refractivity contribution >= 4 is 11.8 Å². The highest BCUT2D eigenvalue weighted by atomic mass is 16.6. The SMILES string of the molecule is O=C([C@H](O)[C@@]1(C(=O)NC2(c3ccc(-n4cccn4)c(OCc4ccccc4)c3)CC2)CO1)N1Cc2cccnc2C1. The molecule has 2 N–H and O–H groups in total. The molecule has 4 heterocycles. The highest BCUT2D eigenvalue weighted by Crippen LogP contribution is 2.48. The summed E-state index contributed by atoms with van der Waals surface area (Å²) in [5, 5.41) is 18.5. The first kappa shape index (κ1) is 25.4. The molecule has 2 atom stereocenters. The van der Waals surface area contributed by atoms with Crippen LogP contribution >= 0.6 is 0 Å². The van der Waals surface area contributed by atoms with E-state index in [0.29, 0.717) is 38.3 Å². The van der Waals surface area contributed by atoms with Gasteiger partial charge in [-0.3, -0.25) is 14.6 Å². The molecule has 3 aliphatic rings. The Hall–Kier alpha value is -4.54. The van der Waals surface area contributed by atoms with E-state index in [1.54, 1.807) is 17.1 Å². The molecule has 2 fully saturated rings. The van der Waals surface area contributed by atoms with Gasteiger partial charge in [-0.25, -0.2) is 4.68 Å². The van der Waals surface area contributed by atoms with Gasteiger partial charge in [-0.2, -0.15) is 5.10 Å². The fourth-order valence-electron chi connectivity index (χ4n) is 5.42. The lowest BCUT2D eigenvalue weighted by atomic mass is 9.98. The van der Waals surface area contributed by atoms with Gasteiger partial charge in [-0.05, 0) is 53.8 Å². The standard InChI is InChI=1S/C31H29N5O5/c37-27(28(38)35-17-22-8-4-13-32-24(22)18-35)31(20-41-31)29(39)34-30(11-12-30)23-9-10-25(36-15-5-14-33-36)26(16-23)40-19-21-6-2-1-3-7-21/h1-10,13-16,27,37H,11-12,17-20H2,(H,34,39)/t27-,31+/m0/s1. The fraction of sp³-hybridized carbons (Fsp3) is 0.290. The van der Waals surface area contributed by atoms with Gasteiger partial charge >= 0.3 is 0 Å². The monoisotopic (exact) mass is 551 g/mol. The minimum atomic E-state index is -1.61. The van der Waals surface area contributed by atoms with Crippen LogP contribution in [0, 0.1) is 0 Å². The number of hydrogen-bond donors (Lipinski definition) is 2. The lowest BCUT2D eigenvalue weighted by Crippen LogP contribution is -2.54. The van der Waals surface area contributed by atoms with Crippen molar-refractivity contribution in [2.45, 2.75) is 49.8 Å². The Kier molecular flexibility index (Phi) is 6.09. The first-order valence-corrected chi connectivity index (χ1v) is 13.6. The molecule has 1 aliphatic carbocycles. The van der Waals surface area contributed by atoms with Crippen molar-refractivity contribution in [1.82, 2.24) is 25.0 Å². The van der Waals surface area contributed by atoms with Crippen LogP contribution in [-0.4, -0.2) is 54.9 Å². The van der Waals surface area contributed by atoms with Crippen LogP contribution < -0.4 is 10.1 Å². The highest BCUT2D eigenvalue weighted by Gasteiger charge is 2.63. The van der Waals surface area contributed by atoms with Crippen LogP contribution in [0.5, 0.6) is 5.75 Å². The van der Waals surface area contributed by atoms with E-state index in [1.165, 1.54) is 4.90 Å². The van der Waals surface area contributed by atoms with Gasteiger partial charge in [0.15, 0.2) is 6.10 Å². The number of pyridine rings is 1. The van der Waals surface area contributed by atoms with Gasteiger partial charge in [0.1, 0.15) is 18.0 Å². The number of nitrogens with one attached hydrogen (secondary N) is 1. The molecule has 41 heavy (non-hydrogen) atoms. The zero-order valence-corrected chi connectivity index (χ0v) is 22.3. The molecule has 2 aromatic heterocycles. The second-order valence-corrected chi connectivity index (χ2v) is 10.8. The van der Waals surface area contributed by atoms with E-state index in [0.717, 1.165) is 28.1 Å². The van der Waals surface area contributed by atoms with Gasteiger partial charge in [-0.15, -0.1) is 0 Å². The minimum Gasteiger partial charge on any atom is -0.487 e. The summed E-state index contributed by atoms with van der Waals surface area (Å²) in [6, 6.07) is 21.3. The van der Waals surface area contributed by atoms with Crippen molar-refractivity contribution in [3.05, 3.63) is 108 Å². The molecule has 0 spiro atoms. The quantitative estimate of drug-likeness (QED) is 0.307. The summed E-state index contributed by atoms with van der Waals surface area (Å²) in [7, 11) is 0. The Labute approximate surface area is 236 Å². The molecule has 2 amide bonds. The van der Waals surface area contributed by atoms with Gasteiger partial charge < -0.3 is 24.8 Å². The fourth-order valence-corrected chi connectivity index (χ4v) is 5.42. The lowest BCUT2D eigenvalue weighted by molar-refractivity contribution is -0.150. The molecule has 1 saturated heterocycles. The number of hydrogen-bond acceptors (Lipinski definition) is 7. The molecular formula is C31H29N5O5. The zero-order chi connectivity index (χ0) is 28.0. The predicted molar refractivity (Wildman–Crippen MR) is 147 cm³/mol. The number of amides is 2. The molecular weight excluding hydrogens is 522 g/mol. The Balaban J connectivity index is 1.09. The molecule has 7 rings (SSSR count). The third-order valence-electron chi connectivity index (χ3n) is 8.12. The van der Waals surface area contributed by atoms with E-state index in [-0.39, 0.29) is 6.61 Å². The number of fused-ring (bicyclic) bond motifs is 1. The summed E-state index contributed by atoms with van der Waals surface area (Å²) < 4.78 is 13.5. The molecule has 208 valence electrons. The maximum atomic E-state index is 13.6. The predicted octanol–water partition coefficient (Wildman–Crippen LogP) is 2.62. The minimum absolute atomic E-state index is 0.0233. The number of epoxide rings is 1. The molecule has 0 unspecified atom stereocenters. The summed E-state index contributed by atoms with van der Waals surface area (Å²) in [5.74, 6) is -0.403. The zero-order valence-electron chi connectivity index (χ0n) is 22.3. The molecule has 2 aromatic carbocycles. The number of benzene rings is 2. The molecule has 2 aliphatic heterocycles. The number of aliphatic hydroxyl groups is 1. The van der Waals surface area contributed by atoms with E-state index in [1.807, 2.05) is 72.9 Å². The lowest BCUT2D eigenvalue weighted by Gasteiger charge is -2.26. The Morgan fingerprint density at radius 1 is 1.05 bits per heavy atom. The summed E-state index contributed by atoms with van der Waals surface area (Å²) >= 11 is 0. The van der Waals surface area contributed by atoms with E-state index >= 15 is 0 Å². The largest absolute Gasteiger partial charge is 0.487 e. The maximum Gasteiger partial charge on any atom is 0.258 e. The number of rotatable bonds is 9. The third-order valence-corrected chi connectivity index (χ3v) is 8.12. The van der Waals surface area contributed by atoms with Crippen LogP contribution in [0.25, 0.3) is 5.69 Å². The first-order valence-electron chi connectivity index (χ1n) is 13.6. The second-order valence-electron chi connectivity index (χ2n) is 10.8. The molecule has 10 nitrogen and oxygen atoms in total. The summed E-state index contributed by atoms with van der Waals surface area (Å²) in [6.45, 7) is 0.987. The van der Waals surface area contributed by atoms with Gasteiger partial charge in [0.2, 0.25) is 5.60 Å². The molecule has 10 heteroatoms. The Bertz CT molecular complexity index is 1570. The normalized spacial score (nSPS) is 20.7. The number of aliphatic hydroxyl groups excluding tert-OH is 1. The molecule has 0 radical (unpaired) electrons. The van der Waals surface area contributed by atoms with Crippen LogP contribution in [0.4, 0.5) is 0 Å². The smallest absolute Gasteiger partial charge is 0.258 e. The van der Waals surface area contributed by atoms with Crippen molar-refractivity contribution in [1.29, 1.82) is 0 Å². The molecule has 1 saturated carbocycles. The first-order chi connectivity index (χ1) is 20.0. The Morgan fingerprint density at radius 2 is 1.88 bits per heavy atom. The second kappa shape index (κ2) is 9.83. The summed E-state index contributed by atoms with van der Waals surface area (Å²) in [5.41, 5.74) is 2.18. The highest BCUT2D eigenvalue weighted by molar-refractivity contribution is 5.97. The number of carbonyl (C=O) groups is 2. The number of aromatic nitrogens is 3. The van der Waals surface area contributed by atoms with Crippen molar-refractivity contribution in [3.63, 3.8) is 0 Å². The van der Waals surface area contributed by atoms with Gasteiger partial charge in [0.05, 0.1) is 24.4 Å². The topological polar surface area (TPSA) is 122 Å². The van der Waals surface area contributed by atoms with E-state index in [2.05, 4.69) is 15.4 Å². The molecule has 0 bridgehead atoms. The number of carbonyl (C=O) groups excluding carboxylic acids is 2.